The molecule has 142 heavy (non-hydrogen) atoms. The smallest absolute Gasteiger partial charge is 0.407 e. The van der Waals surface area contributed by atoms with E-state index in [2.05, 4.69) is 47.2 Å². The number of piperidine rings is 1. The Balaban J connectivity index is 0.00000136. The third kappa shape index (κ3) is 56.2. The summed E-state index contributed by atoms with van der Waals surface area (Å²) >= 11 is 1.05. The maximum absolute atomic E-state index is 14.9. The van der Waals surface area contributed by atoms with Crippen LogP contribution in [-0.2, 0) is 111 Å². The molecule has 16 atom stereocenters. The van der Waals surface area contributed by atoms with Crippen LogP contribution in [0.4, 0.5) is 14.4 Å². The average molecular weight is 2080 g/mol. The van der Waals surface area contributed by atoms with Gasteiger partial charge in [-0.15, -0.1) is 11.3 Å². The number of nitrogens with zero attached hydrogens (tertiary/aromatic N) is 4. The van der Waals surface area contributed by atoms with Crippen molar-refractivity contribution in [3.8, 4) is 5.75 Å². The molecule has 0 spiro atoms. The summed E-state index contributed by atoms with van der Waals surface area (Å²) < 4.78 is 73.4. The largest absolute Gasteiger partial charge is 0.481 e. The third-order valence-electron chi connectivity index (χ3n) is 21.6. The summed E-state index contributed by atoms with van der Waals surface area (Å²) in [6.45, 7) is 22.6. The molecular formula is C94H157N11O34S3. The molecular weight excluding hydrogens is 1920 g/mol. The van der Waals surface area contributed by atoms with E-state index in [1.807, 2.05) is 92.5 Å². The highest BCUT2D eigenvalue weighted by molar-refractivity contribution is 8.76. The number of aliphatic carboxylic acids is 2. The van der Waals surface area contributed by atoms with E-state index in [-0.39, 0.29) is 176 Å². The maximum Gasteiger partial charge on any atom is 0.407 e. The van der Waals surface area contributed by atoms with Crippen LogP contribution in [-0.4, -0.2) is 347 Å². The lowest BCUT2D eigenvalue weighted by Gasteiger charge is -2.39. The van der Waals surface area contributed by atoms with Crippen molar-refractivity contribution >= 4 is 111 Å². The van der Waals surface area contributed by atoms with Gasteiger partial charge in [-0.05, 0) is 130 Å². The van der Waals surface area contributed by atoms with Gasteiger partial charge in [0.15, 0.2) is 38.0 Å². The number of carbonyl (C=O) groups excluding carboxylic acids is 11. The standard InChI is InChI=1S/C58H91N7O17S.C18H29N3O6S2.C11H21NO7.C7H16O4/c1-13-18-48(69)79-33-65(55(72)51(36(8)14-2)63-53(71)44-19-16-17-26-64(44)11)45(34(4)5)29-46(80-38(10)67)54-61-43(32-83-54)52(70)60-40(27-37(9)56(73)74)28-39-20-22-42(23-21-39)82-57(75)50(35(6)7)62-47(68)24-25-59-58(76)78-31-49(77-12)81-41(15-3)30-66;1-3-14(12-22)27-17(25-2)13-26-18(24)21-9-7-15(23)19-10-11-28-29-16-6-4-5-8-20-16;1-3-8(6-13)19-10(17-2)7-18-11(16)12-5-4-9(14)15;1-3-6(4-8)11-7(5-9)10-2/h20-23,32,34-37,40-41,44-46,49-51,66H,13-19,24-31,33H2,1-12H3,(H,59,76)(H,60,70)(H,62,68)(H,63,71)(H,73,74);4-6,8,14,17,22H,3,7,9-13H2,1-2H3,(H,19,23)(H,21,24);8,10,13H,3-7H2,1-2H3,(H,12,16)(H,14,15);6-9H,3-5H2,1-2H3/t36-,37-,40+,41?,44+,45+,46+,49?,50-,51-;;;/m0.../s1. The van der Waals surface area contributed by atoms with Crippen molar-refractivity contribution in [1.82, 2.24) is 57.0 Å². The molecule has 810 valence electrons. The molecule has 1 aliphatic heterocycles. The highest BCUT2D eigenvalue weighted by Crippen LogP contribution is 2.33. The molecule has 3 aromatic rings. The molecule has 0 saturated carbocycles. The van der Waals surface area contributed by atoms with Gasteiger partial charge in [-0.25, -0.2) is 29.1 Å². The topological polar surface area (TPSA) is 609 Å². The summed E-state index contributed by atoms with van der Waals surface area (Å²) in [6.07, 6.45) is -0.137. The van der Waals surface area contributed by atoms with Gasteiger partial charge >= 0.3 is 48.1 Å². The number of benzene rings is 1. The van der Waals surface area contributed by atoms with Crippen molar-refractivity contribution in [3.63, 3.8) is 0 Å². The third-order valence-corrected chi connectivity index (χ3v) is 24.8. The Bertz CT molecular complexity index is 4030. The number of alkyl carbamates (subject to hydrolysis) is 3. The number of esters is 3. The van der Waals surface area contributed by atoms with Gasteiger partial charge in [0.2, 0.25) is 23.6 Å². The van der Waals surface area contributed by atoms with Crippen LogP contribution >= 0.6 is 32.9 Å². The molecule has 8 amide bonds. The zero-order valence-corrected chi connectivity index (χ0v) is 87.6. The number of rotatable bonds is 67. The number of likely N-dealkylation sites (N-methyl/N-ethyl adjacent to an activating group) is 1. The van der Waals surface area contributed by atoms with E-state index in [4.69, 9.17) is 91.8 Å². The van der Waals surface area contributed by atoms with Crippen LogP contribution < -0.4 is 42.0 Å². The zero-order valence-electron chi connectivity index (χ0n) is 85.2. The number of methoxy groups -OCH3 is 4. The molecule has 0 radical (unpaired) electrons. The van der Waals surface area contributed by atoms with Crippen molar-refractivity contribution in [1.29, 1.82) is 0 Å². The number of carboxylic acid groups (broad SMARTS) is 2. The van der Waals surface area contributed by atoms with E-state index in [1.54, 1.807) is 53.8 Å². The highest BCUT2D eigenvalue weighted by Gasteiger charge is 2.41. The molecule has 2 aromatic heterocycles. The van der Waals surface area contributed by atoms with Crippen LogP contribution in [0.2, 0.25) is 0 Å². The molecule has 48 heteroatoms. The number of likely N-dealkylation sites (tertiary alicyclic amines) is 1. The van der Waals surface area contributed by atoms with E-state index in [0.717, 1.165) is 41.5 Å². The lowest BCUT2D eigenvalue weighted by atomic mass is 9.92. The summed E-state index contributed by atoms with van der Waals surface area (Å²) in [5.41, 5.74) is 0.609. The van der Waals surface area contributed by atoms with Gasteiger partial charge in [-0.2, -0.15) is 0 Å². The maximum atomic E-state index is 14.9. The Hall–Kier alpha value is -9.35. The molecule has 45 nitrogen and oxygen atoms in total. The fourth-order valence-electron chi connectivity index (χ4n) is 12.9. The molecule has 4 rings (SSSR count). The SMILES string of the molecule is CCC(CO)OC(CO)OC.CCC(CO)OC(COC(=O)NCCC(=O)NCCSSc1ccccn1)OC.CCC(CO)OC(COC(=O)NCCC(=O)O)OC.CCCC(=O)OCN(C(=O)[C@@H](NC(=O)[C@H]1CCCCN1C)[C@@H](C)CC)[C@H](C[C@@H](OC(C)=O)c1nc(C(=O)N[C@@H](Cc2ccc(OC(=O)[C@@H](NC(=O)CCNC(=O)OCC(OC)OC(CC)CO)C(C)C)cc2)C[C@H](C)C(=O)O)cs1)C(C)C. The summed E-state index contributed by atoms with van der Waals surface area (Å²) in [7, 11) is 10.7. The molecule has 0 aliphatic carbocycles. The van der Waals surface area contributed by atoms with E-state index in [1.165, 1.54) is 64.7 Å². The number of aliphatic hydroxyl groups excluding tert-OH is 5. The predicted molar refractivity (Wildman–Crippen MR) is 524 cm³/mol. The Kier molecular flexibility index (Phi) is 71.0. The van der Waals surface area contributed by atoms with Crippen LogP contribution in [0, 0.1) is 23.7 Å². The van der Waals surface area contributed by atoms with Crippen molar-refractivity contribution in [2.45, 2.75) is 284 Å². The van der Waals surface area contributed by atoms with Crippen molar-refractivity contribution in [2.24, 2.45) is 23.7 Å². The number of carbonyl (C=O) groups is 13. The Morgan fingerprint density at radius 3 is 1.54 bits per heavy atom. The molecule has 1 saturated heterocycles. The van der Waals surface area contributed by atoms with Gasteiger partial charge < -0.3 is 144 Å². The molecule has 1 fully saturated rings. The fourth-order valence-corrected chi connectivity index (χ4v) is 15.5. The van der Waals surface area contributed by atoms with Crippen LogP contribution in [0.5, 0.6) is 5.75 Å². The first kappa shape index (κ1) is 131. The zero-order chi connectivity index (χ0) is 107. The Labute approximate surface area is 844 Å². The number of aromatic nitrogens is 2. The van der Waals surface area contributed by atoms with Crippen LogP contribution in [0.15, 0.2) is 59.1 Å². The highest BCUT2D eigenvalue weighted by atomic mass is 33.1. The predicted octanol–water partition coefficient (Wildman–Crippen LogP) is 7.18. The quantitative estimate of drug-likeness (QED) is 0.00664. The number of aliphatic hydroxyl groups is 5. The Morgan fingerprint density at radius 2 is 1.09 bits per heavy atom. The lowest BCUT2D eigenvalue weighted by molar-refractivity contribution is -0.181. The number of thiazole rings is 1. The van der Waals surface area contributed by atoms with Crippen molar-refractivity contribution in [2.75, 3.05) is 134 Å². The van der Waals surface area contributed by atoms with Gasteiger partial charge in [0.1, 0.15) is 53.4 Å². The number of pyridine rings is 1. The minimum Gasteiger partial charge on any atom is -0.481 e. The van der Waals surface area contributed by atoms with Gasteiger partial charge in [-0.1, -0.05) is 125 Å². The van der Waals surface area contributed by atoms with Gasteiger partial charge in [-0.3, -0.25) is 48.1 Å². The second-order valence-electron chi connectivity index (χ2n) is 33.4. The summed E-state index contributed by atoms with van der Waals surface area (Å²) in [5, 5.41) is 84.3. The van der Waals surface area contributed by atoms with Crippen LogP contribution in [0.25, 0.3) is 0 Å². The fraction of sp³-hybridized carbons (Fsp3) is 0.713. The van der Waals surface area contributed by atoms with Gasteiger partial charge in [0, 0.05) is 117 Å². The molecule has 1 aliphatic rings. The van der Waals surface area contributed by atoms with Crippen LogP contribution in [0.3, 0.4) is 0 Å². The van der Waals surface area contributed by atoms with Crippen molar-refractivity contribution in [3.05, 3.63) is 70.3 Å². The van der Waals surface area contributed by atoms with E-state index in [0.29, 0.717) is 57.1 Å². The molecule has 1 aromatic carbocycles. The second-order valence-corrected chi connectivity index (χ2v) is 36.7. The number of hydrogen-bond acceptors (Lipinski definition) is 38. The van der Waals surface area contributed by atoms with Crippen molar-refractivity contribution < 1.29 is 164 Å². The van der Waals surface area contributed by atoms with E-state index >= 15 is 0 Å². The first-order valence-corrected chi connectivity index (χ1v) is 50.9. The number of amides is 8. The van der Waals surface area contributed by atoms with Crippen LogP contribution in [0.1, 0.15) is 213 Å². The van der Waals surface area contributed by atoms with E-state index < -0.39 is 152 Å². The molecule has 8 unspecified atom stereocenters. The summed E-state index contributed by atoms with van der Waals surface area (Å²) in [6, 6.07) is 8.14. The molecule has 0 bridgehead atoms. The van der Waals surface area contributed by atoms with E-state index in [9.17, 15) is 72.5 Å². The summed E-state index contributed by atoms with van der Waals surface area (Å²) in [4.78, 5) is 176. The minimum absolute atomic E-state index is 0.0130. The first-order valence-electron chi connectivity index (χ1n) is 47.7. The molecule has 3 heterocycles. The summed E-state index contributed by atoms with van der Waals surface area (Å²) in [5.74, 6) is -7.09. The van der Waals surface area contributed by atoms with Gasteiger partial charge in [0.25, 0.3) is 5.91 Å². The average Bonchev–Trinajstić information content (AvgIpc) is 1.41. The molecule has 14 N–H and O–H groups in total. The van der Waals surface area contributed by atoms with Gasteiger partial charge in [0.05, 0.1) is 75.8 Å². The number of carboxylic acids is 2. The number of nitrogens with one attached hydrogen (secondary N) is 7. The lowest BCUT2D eigenvalue weighted by Crippen LogP contribution is -2.59. The first-order chi connectivity index (χ1) is 67.7. The minimum atomic E-state index is -1.09. The second kappa shape index (κ2) is 77.2. The number of ether oxygens (including phenoxy) is 14. The monoisotopic (exact) mass is 2080 g/mol. The normalized spacial score (nSPS) is 15.5. The number of hydrogen-bond donors (Lipinski definition) is 14. The Morgan fingerprint density at radius 1 is 0.570 bits per heavy atom.